The molecule has 2 heterocycles. The first-order chi connectivity index (χ1) is 14.2. The average molecular weight is 387 g/mol. The zero-order chi connectivity index (χ0) is 20.1. The van der Waals surface area contributed by atoms with E-state index in [2.05, 4.69) is 20.4 Å². The Bertz CT molecular complexity index is 1000. The number of carbonyl (C=O) groups excluding carboxylic acids is 1. The van der Waals surface area contributed by atoms with Crippen molar-refractivity contribution in [2.45, 2.75) is 25.3 Å². The highest BCUT2D eigenvalue weighted by molar-refractivity contribution is 5.94. The summed E-state index contributed by atoms with van der Waals surface area (Å²) >= 11 is 0. The predicted molar refractivity (Wildman–Crippen MR) is 107 cm³/mol. The second kappa shape index (κ2) is 8.57. The smallest absolute Gasteiger partial charge is 0.318 e. The van der Waals surface area contributed by atoms with Crippen LogP contribution in [0.2, 0.25) is 0 Å². The average Bonchev–Trinajstić information content (AvgIpc) is 3.28. The van der Waals surface area contributed by atoms with E-state index in [9.17, 15) is 4.79 Å². The van der Waals surface area contributed by atoms with Crippen LogP contribution in [0.1, 0.15) is 52.7 Å². The lowest BCUT2D eigenvalue weighted by Gasteiger charge is -2.24. The van der Waals surface area contributed by atoms with Crippen molar-refractivity contribution in [3.63, 3.8) is 0 Å². The van der Waals surface area contributed by atoms with Crippen LogP contribution in [0.25, 0.3) is 0 Å². The fourth-order valence-corrected chi connectivity index (χ4v) is 3.40. The largest absolute Gasteiger partial charge is 0.405 e. The lowest BCUT2D eigenvalue weighted by Crippen LogP contribution is -2.30. The highest BCUT2D eigenvalue weighted by atomic mass is 16.4. The molecule has 1 saturated heterocycles. The van der Waals surface area contributed by atoms with Crippen LogP contribution < -0.4 is 10.2 Å². The van der Waals surface area contributed by atoms with Crippen LogP contribution in [-0.4, -0.2) is 29.2 Å². The first kappa shape index (κ1) is 18.7. The molecule has 0 bridgehead atoms. The lowest BCUT2D eigenvalue weighted by molar-refractivity contribution is 0.0938. The Morgan fingerprint density at radius 1 is 1.03 bits per heavy atom. The maximum Gasteiger partial charge on any atom is 0.318 e. The highest BCUT2D eigenvalue weighted by Crippen LogP contribution is 2.25. The predicted octanol–water partition coefficient (Wildman–Crippen LogP) is 3.45. The third-order valence-corrected chi connectivity index (χ3v) is 4.99. The maximum absolute atomic E-state index is 12.8. The molecule has 1 amide bonds. The molecule has 7 heteroatoms. The van der Waals surface area contributed by atoms with Gasteiger partial charge in [-0.3, -0.25) is 4.79 Å². The van der Waals surface area contributed by atoms with Crippen molar-refractivity contribution in [3.8, 4) is 6.07 Å². The summed E-state index contributed by atoms with van der Waals surface area (Å²) in [5.41, 5.74) is 1.81. The van der Waals surface area contributed by atoms with Crippen LogP contribution in [-0.2, 0) is 0 Å². The third-order valence-electron chi connectivity index (χ3n) is 4.99. The molecule has 0 radical (unpaired) electrons. The Morgan fingerprint density at radius 3 is 2.45 bits per heavy atom. The summed E-state index contributed by atoms with van der Waals surface area (Å²) in [7, 11) is 0. The summed E-state index contributed by atoms with van der Waals surface area (Å²) in [5, 5.41) is 20.4. The van der Waals surface area contributed by atoms with Gasteiger partial charge in [-0.05, 0) is 49.1 Å². The number of rotatable bonds is 5. The number of nitrogens with zero attached hydrogens (tertiary/aromatic N) is 4. The van der Waals surface area contributed by atoms with Gasteiger partial charge in [0.2, 0.25) is 5.89 Å². The number of piperidine rings is 1. The molecule has 1 fully saturated rings. The van der Waals surface area contributed by atoms with Crippen LogP contribution in [0.5, 0.6) is 0 Å². The van der Waals surface area contributed by atoms with E-state index in [0.717, 1.165) is 31.5 Å². The van der Waals surface area contributed by atoms with Crippen molar-refractivity contribution in [3.05, 3.63) is 77.2 Å². The molecular weight excluding hydrogens is 366 g/mol. The minimum atomic E-state index is -0.564. The number of nitriles is 1. The molecule has 1 aromatic heterocycles. The van der Waals surface area contributed by atoms with Crippen LogP contribution in [0.3, 0.4) is 0 Å². The number of aromatic nitrogens is 2. The van der Waals surface area contributed by atoms with Crippen molar-refractivity contribution in [1.82, 2.24) is 15.5 Å². The molecule has 7 nitrogen and oxygen atoms in total. The quantitative estimate of drug-likeness (QED) is 0.720. The topological polar surface area (TPSA) is 95.0 Å². The number of hydrogen-bond donors (Lipinski definition) is 1. The standard InChI is InChI=1S/C22H21N5O2/c23-15-16-9-11-18(12-10-16)20(28)24-19(17-7-3-1-4-8-17)21-25-26-22(29-21)27-13-5-2-6-14-27/h1,3-4,7-12,19H,2,5-6,13-14H2,(H,24,28). The van der Waals surface area contributed by atoms with E-state index in [1.165, 1.54) is 6.42 Å². The van der Waals surface area contributed by atoms with E-state index in [1.54, 1.807) is 24.3 Å². The summed E-state index contributed by atoms with van der Waals surface area (Å²) in [6.07, 6.45) is 3.43. The number of carbonyl (C=O) groups is 1. The molecule has 1 aliphatic heterocycles. The maximum atomic E-state index is 12.8. The van der Waals surface area contributed by atoms with Crippen molar-refractivity contribution in [2.75, 3.05) is 18.0 Å². The van der Waals surface area contributed by atoms with Crippen LogP contribution >= 0.6 is 0 Å². The van der Waals surface area contributed by atoms with Gasteiger partial charge in [0.05, 0.1) is 11.6 Å². The van der Waals surface area contributed by atoms with Gasteiger partial charge in [0.1, 0.15) is 6.04 Å². The van der Waals surface area contributed by atoms with Gasteiger partial charge >= 0.3 is 6.01 Å². The lowest BCUT2D eigenvalue weighted by atomic mass is 10.1. The molecule has 1 aliphatic rings. The molecule has 3 aromatic rings. The number of anilines is 1. The Morgan fingerprint density at radius 2 is 1.76 bits per heavy atom. The van der Waals surface area contributed by atoms with E-state index in [-0.39, 0.29) is 5.91 Å². The highest BCUT2D eigenvalue weighted by Gasteiger charge is 2.25. The fraction of sp³-hybridized carbons (Fsp3) is 0.273. The molecule has 29 heavy (non-hydrogen) atoms. The monoisotopic (exact) mass is 387 g/mol. The molecule has 4 rings (SSSR count). The summed E-state index contributed by atoms with van der Waals surface area (Å²) < 4.78 is 5.96. The van der Waals surface area contributed by atoms with E-state index in [0.29, 0.717) is 23.0 Å². The van der Waals surface area contributed by atoms with Crippen molar-refractivity contribution in [2.24, 2.45) is 0 Å². The van der Waals surface area contributed by atoms with E-state index in [1.807, 2.05) is 36.4 Å². The van der Waals surface area contributed by atoms with Gasteiger partial charge < -0.3 is 14.6 Å². The minimum absolute atomic E-state index is 0.277. The Balaban J connectivity index is 1.59. The molecule has 1 unspecified atom stereocenters. The summed E-state index contributed by atoms with van der Waals surface area (Å²) in [6, 6.07) is 18.0. The third kappa shape index (κ3) is 4.27. The van der Waals surface area contributed by atoms with Crippen LogP contribution in [0.4, 0.5) is 6.01 Å². The fourth-order valence-electron chi connectivity index (χ4n) is 3.40. The number of benzene rings is 2. The molecule has 146 valence electrons. The van der Waals surface area contributed by atoms with Gasteiger partial charge in [0.25, 0.3) is 5.91 Å². The SMILES string of the molecule is N#Cc1ccc(C(=O)NC(c2ccccc2)c2nnc(N3CCCCC3)o2)cc1. The Labute approximate surface area is 169 Å². The zero-order valence-corrected chi connectivity index (χ0v) is 15.9. The summed E-state index contributed by atoms with van der Waals surface area (Å²) in [6.45, 7) is 1.80. The van der Waals surface area contributed by atoms with Gasteiger partial charge in [-0.2, -0.15) is 5.26 Å². The number of amides is 1. The molecule has 0 aliphatic carbocycles. The van der Waals surface area contributed by atoms with Gasteiger partial charge in [0, 0.05) is 18.7 Å². The van der Waals surface area contributed by atoms with Crippen LogP contribution in [0, 0.1) is 11.3 Å². The number of hydrogen-bond acceptors (Lipinski definition) is 6. The van der Waals surface area contributed by atoms with Gasteiger partial charge in [-0.15, -0.1) is 5.10 Å². The van der Waals surface area contributed by atoms with Gasteiger partial charge in [0.15, 0.2) is 0 Å². The Kier molecular flexibility index (Phi) is 5.52. The van der Waals surface area contributed by atoms with Gasteiger partial charge in [-0.1, -0.05) is 35.4 Å². The first-order valence-corrected chi connectivity index (χ1v) is 9.69. The van der Waals surface area contributed by atoms with Gasteiger partial charge in [-0.25, -0.2) is 0 Å². The van der Waals surface area contributed by atoms with E-state index < -0.39 is 6.04 Å². The summed E-state index contributed by atoms with van der Waals surface area (Å²) in [5.74, 6) is 0.0693. The van der Waals surface area contributed by atoms with Crippen molar-refractivity contribution >= 4 is 11.9 Å². The minimum Gasteiger partial charge on any atom is -0.405 e. The second-order valence-electron chi connectivity index (χ2n) is 6.98. The number of nitrogens with one attached hydrogen (secondary N) is 1. The summed E-state index contributed by atoms with van der Waals surface area (Å²) in [4.78, 5) is 14.9. The molecule has 2 aromatic carbocycles. The normalized spacial score (nSPS) is 14.8. The Hall–Kier alpha value is -3.66. The molecular formula is C22H21N5O2. The van der Waals surface area contributed by atoms with Crippen LogP contribution in [0.15, 0.2) is 59.0 Å². The van der Waals surface area contributed by atoms with Crippen molar-refractivity contribution < 1.29 is 9.21 Å². The molecule has 0 spiro atoms. The molecule has 0 saturated carbocycles. The van der Waals surface area contributed by atoms with Crippen molar-refractivity contribution in [1.29, 1.82) is 5.26 Å². The molecule has 1 atom stereocenters. The molecule has 1 N–H and O–H groups in total. The second-order valence-corrected chi connectivity index (χ2v) is 6.98. The van der Waals surface area contributed by atoms with E-state index in [4.69, 9.17) is 9.68 Å². The zero-order valence-electron chi connectivity index (χ0n) is 15.9. The first-order valence-electron chi connectivity index (χ1n) is 9.69. The van der Waals surface area contributed by atoms with E-state index >= 15 is 0 Å².